The molecule has 0 amide bonds. The van der Waals surface area contributed by atoms with E-state index in [0.717, 1.165) is 12.8 Å². The molecule has 0 unspecified atom stereocenters. The Morgan fingerprint density at radius 1 is 1.44 bits per heavy atom. The van der Waals surface area contributed by atoms with Crippen LogP contribution in [0, 0.1) is 0 Å². The van der Waals surface area contributed by atoms with Crippen LogP contribution in [0.1, 0.15) is 46.5 Å². The molecule has 18 heavy (non-hydrogen) atoms. The lowest BCUT2D eigenvalue weighted by molar-refractivity contribution is 0.0596. The van der Waals surface area contributed by atoms with Crippen LogP contribution >= 0.6 is 15.9 Å². The van der Waals surface area contributed by atoms with Crippen molar-refractivity contribution < 1.29 is 14.3 Å². The lowest BCUT2D eigenvalue weighted by atomic mass is 10.1. The number of pyridine rings is 1. The molecule has 1 aliphatic carbocycles. The first-order valence-corrected chi connectivity index (χ1v) is 6.30. The van der Waals surface area contributed by atoms with Crippen LogP contribution in [0.2, 0.25) is 0 Å². The summed E-state index contributed by atoms with van der Waals surface area (Å²) in [5, 5.41) is 0. The van der Waals surface area contributed by atoms with Crippen molar-refractivity contribution in [2.75, 3.05) is 7.11 Å². The molecule has 0 aliphatic heterocycles. The van der Waals surface area contributed by atoms with Crippen LogP contribution in [0.15, 0.2) is 15.5 Å². The molecule has 1 saturated carbocycles. The number of carbonyl (C=O) groups excluding carboxylic acids is 2. The molecule has 0 radical (unpaired) electrons. The Bertz CT molecular complexity index is 586. The minimum atomic E-state index is -0.615. The monoisotopic (exact) mass is 313 g/mol. The van der Waals surface area contributed by atoms with E-state index >= 15 is 0 Å². The third-order valence-electron chi connectivity index (χ3n) is 2.88. The van der Waals surface area contributed by atoms with Crippen molar-refractivity contribution in [3.63, 3.8) is 0 Å². The minimum absolute atomic E-state index is 0.0868. The Kier molecular flexibility index (Phi) is 3.38. The Morgan fingerprint density at radius 3 is 2.50 bits per heavy atom. The number of halogens is 1. The van der Waals surface area contributed by atoms with Crippen molar-refractivity contribution in [1.29, 1.82) is 0 Å². The van der Waals surface area contributed by atoms with Crippen LogP contribution in [0.5, 0.6) is 0 Å². The molecular weight excluding hydrogens is 302 g/mol. The van der Waals surface area contributed by atoms with Gasteiger partial charge in [0, 0.05) is 12.2 Å². The number of nitrogens with zero attached hydrogens (tertiary/aromatic N) is 1. The maximum absolute atomic E-state index is 12.1. The van der Waals surface area contributed by atoms with E-state index < -0.39 is 5.97 Å². The first kappa shape index (κ1) is 13.0. The van der Waals surface area contributed by atoms with Gasteiger partial charge in [-0.3, -0.25) is 9.59 Å². The Balaban J connectivity index is 2.72. The Hall–Kier alpha value is -1.43. The molecule has 0 N–H and O–H groups in total. The van der Waals surface area contributed by atoms with Crippen molar-refractivity contribution >= 4 is 27.7 Å². The summed E-state index contributed by atoms with van der Waals surface area (Å²) in [4.78, 5) is 35.3. The van der Waals surface area contributed by atoms with E-state index in [0.29, 0.717) is 0 Å². The number of rotatable bonds is 3. The van der Waals surface area contributed by atoms with Gasteiger partial charge in [-0.05, 0) is 35.7 Å². The molecule has 1 fully saturated rings. The molecular formula is C12H12BrNO4. The molecule has 0 atom stereocenters. The lowest BCUT2D eigenvalue weighted by Gasteiger charge is -2.11. The van der Waals surface area contributed by atoms with Gasteiger partial charge in [-0.1, -0.05) is 0 Å². The molecule has 0 aromatic carbocycles. The molecule has 96 valence electrons. The second-order valence-electron chi connectivity index (χ2n) is 4.22. The van der Waals surface area contributed by atoms with E-state index in [9.17, 15) is 14.4 Å². The predicted molar refractivity (Wildman–Crippen MR) is 68.0 cm³/mol. The summed E-state index contributed by atoms with van der Waals surface area (Å²) >= 11 is 3.11. The number of hydrogen-bond donors (Lipinski definition) is 0. The van der Waals surface area contributed by atoms with Gasteiger partial charge in [-0.2, -0.15) is 0 Å². The molecule has 0 bridgehead atoms. The summed E-state index contributed by atoms with van der Waals surface area (Å²) < 4.78 is 6.27. The molecule has 0 saturated heterocycles. The summed E-state index contributed by atoms with van der Waals surface area (Å²) in [6.07, 6.45) is 3.24. The first-order valence-electron chi connectivity index (χ1n) is 5.51. The minimum Gasteiger partial charge on any atom is -0.465 e. The number of methoxy groups -OCH3 is 1. The van der Waals surface area contributed by atoms with Crippen LogP contribution in [-0.4, -0.2) is 23.4 Å². The highest BCUT2D eigenvalue weighted by Crippen LogP contribution is 2.34. The summed E-state index contributed by atoms with van der Waals surface area (Å²) in [5.74, 6) is -0.961. The lowest BCUT2D eigenvalue weighted by Crippen LogP contribution is -2.25. The maximum Gasteiger partial charge on any atom is 0.340 e. The number of aromatic nitrogens is 1. The van der Waals surface area contributed by atoms with Gasteiger partial charge in [0.15, 0.2) is 5.78 Å². The van der Waals surface area contributed by atoms with Crippen molar-refractivity contribution in [3.05, 3.63) is 32.2 Å². The average Bonchev–Trinajstić information content (AvgIpc) is 3.14. The quantitative estimate of drug-likeness (QED) is 0.632. The van der Waals surface area contributed by atoms with Crippen LogP contribution in [0.3, 0.4) is 0 Å². The third kappa shape index (κ3) is 2.12. The van der Waals surface area contributed by atoms with Gasteiger partial charge < -0.3 is 9.30 Å². The van der Waals surface area contributed by atoms with E-state index in [1.807, 2.05) is 0 Å². The number of ketones is 1. The van der Waals surface area contributed by atoms with Crippen LogP contribution in [-0.2, 0) is 4.74 Å². The smallest absolute Gasteiger partial charge is 0.340 e. The van der Waals surface area contributed by atoms with Crippen LogP contribution < -0.4 is 5.56 Å². The highest BCUT2D eigenvalue weighted by molar-refractivity contribution is 9.10. The molecule has 1 heterocycles. The Labute approximate surface area is 112 Å². The summed E-state index contributed by atoms with van der Waals surface area (Å²) in [7, 11) is 1.24. The van der Waals surface area contributed by atoms with Crippen LogP contribution in [0.4, 0.5) is 0 Å². The molecule has 0 spiro atoms. The molecule has 5 nitrogen and oxygen atoms in total. The van der Waals surface area contributed by atoms with Gasteiger partial charge in [-0.25, -0.2) is 4.79 Å². The average molecular weight is 314 g/mol. The molecule has 6 heteroatoms. The zero-order valence-corrected chi connectivity index (χ0v) is 11.6. The van der Waals surface area contributed by atoms with E-state index in [2.05, 4.69) is 20.7 Å². The van der Waals surface area contributed by atoms with Crippen molar-refractivity contribution in [2.24, 2.45) is 0 Å². The van der Waals surface area contributed by atoms with Crippen molar-refractivity contribution in [1.82, 2.24) is 4.57 Å². The predicted octanol–water partition coefficient (Wildman–Crippen LogP) is 1.93. The summed E-state index contributed by atoms with van der Waals surface area (Å²) in [6.45, 7) is 1.31. The van der Waals surface area contributed by atoms with E-state index in [1.54, 1.807) is 0 Å². The molecule has 1 aromatic heterocycles. The topological polar surface area (TPSA) is 65.4 Å². The van der Waals surface area contributed by atoms with Gasteiger partial charge in [0.05, 0.1) is 22.7 Å². The second-order valence-corrected chi connectivity index (χ2v) is 5.02. The van der Waals surface area contributed by atoms with Crippen molar-refractivity contribution in [3.8, 4) is 0 Å². The summed E-state index contributed by atoms with van der Waals surface area (Å²) in [5.41, 5.74) is -0.0671. The van der Waals surface area contributed by atoms with Crippen molar-refractivity contribution in [2.45, 2.75) is 25.8 Å². The van der Waals surface area contributed by atoms with Gasteiger partial charge in [0.2, 0.25) is 0 Å². The van der Waals surface area contributed by atoms with E-state index in [4.69, 9.17) is 0 Å². The number of hydrogen-bond acceptors (Lipinski definition) is 4. The molecule has 1 aliphatic rings. The largest absolute Gasteiger partial charge is 0.465 e. The number of carbonyl (C=O) groups is 2. The van der Waals surface area contributed by atoms with E-state index in [-0.39, 0.29) is 33.0 Å². The SMILES string of the molecule is COC(=O)c1cn(C2CC2)c(=O)c(Br)c1C(C)=O. The highest BCUT2D eigenvalue weighted by atomic mass is 79.9. The maximum atomic E-state index is 12.1. The standard InChI is InChI=1S/C12H12BrNO4/c1-6(15)9-8(12(17)18-2)5-14(7-3-4-7)11(16)10(9)13/h5,7H,3-4H2,1-2H3. The number of esters is 1. The normalized spacial score (nSPS) is 14.4. The fourth-order valence-electron chi connectivity index (χ4n) is 1.83. The van der Waals surface area contributed by atoms with Gasteiger partial charge >= 0.3 is 5.97 Å². The van der Waals surface area contributed by atoms with Gasteiger partial charge in [-0.15, -0.1) is 0 Å². The zero-order chi connectivity index (χ0) is 13.4. The van der Waals surface area contributed by atoms with Gasteiger partial charge in [0.25, 0.3) is 5.56 Å². The highest BCUT2D eigenvalue weighted by Gasteiger charge is 2.29. The van der Waals surface area contributed by atoms with E-state index in [1.165, 1.54) is 24.8 Å². The Morgan fingerprint density at radius 2 is 2.06 bits per heavy atom. The first-order chi connectivity index (χ1) is 8.47. The second kappa shape index (κ2) is 4.68. The molecule has 2 rings (SSSR count). The number of ether oxygens (including phenoxy) is 1. The fraction of sp³-hybridized carbons (Fsp3) is 0.417. The summed E-state index contributed by atoms with van der Waals surface area (Å²) in [6, 6.07) is 0.123. The fourth-order valence-corrected chi connectivity index (χ4v) is 2.53. The number of Topliss-reactive ketones (excluding diaryl/α,β-unsaturated/α-hetero) is 1. The van der Waals surface area contributed by atoms with Gasteiger partial charge in [0.1, 0.15) is 0 Å². The zero-order valence-electron chi connectivity index (χ0n) is 10.0. The van der Waals surface area contributed by atoms with Crippen LogP contribution in [0.25, 0.3) is 0 Å². The molecule has 1 aromatic rings. The third-order valence-corrected chi connectivity index (χ3v) is 3.61.